The second-order valence-corrected chi connectivity index (χ2v) is 7.62. The number of amides is 1. The molecule has 0 bridgehead atoms. The second-order valence-electron chi connectivity index (χ2n) is 7.62. The van der Waals surface area contributed by atoms with Gasteiger partial charge in [0, 0.05) is 12.1 Å². The third-order valence-corrected chi connectivity index (χ3v) is 5.33. The molecule has 164 valence electrons. The molecule has 1 aliphatic rings. The van der Waals surface area contributed by atoms with Gasteiger partial charge in [-0.05, 0) is 54.8 Å². The molecule has 1 fully saturated rings. The predicted molar refractivity (Wildman–Crippen MR) is 117 cm³/mol. The van der Waals surface area contributed by atoms with E-state index in [1.807, 2.05) is 31.2 Å². The van der Waals surface area contributed by atoms with Gasteiger partial charge >= 0.3 is 0 Å². The van der Waals surface area contributed by atoms with Crippen molar-refractivity contribution in [2.75, 3.05) is 13.2 Å². The molecular formula is C25H28FNO4. The van der Waals surface area contributed by atoms with Gasteiger partial charge in [0.15, 0.2) is 0 Å². The van der Waals surface area contributed by atoms with Gasteiger partial charge in [0.1, 0.15) is 17.3 Å². The van der Waals surface area contributed by atoms with Crippen LogP contribution in [-0.2, 0) is 9.59 Å². The molecule has 1 N–H and O–H groups in total. The molecule has 1 saturated heterocycles. The number of ether oxygens (including phenoxy) is 1. The van der Waals surface area contributed by atoms with E-state index in [9.17, 15) is 19.1 Å². The first-order valence-electron chi connectivity index (χ1n) is 10.7. The molecule has 1 heterocycles. The Labute approximate surface area is 182 Å². The summed E-state index contributed by atoms with van der Waals surface area (Å²) in [6.07, 6.45) is 3.87. The van der Waals surface area contributed by atoms with Gasteiger partial charge in [0.05, 0.1) is 18.2 Å². The highest BCUT2D eigenvalue weighted by Gasteiger charge is 2.45. The van der Waals surface area contributed by atoms with Gasteiger partial charge in [-0.2, -0.15) is 0 Å². The zero-order chi connectivity index (χ0) is 22.4. The summed E-state index contributed by atoms with van der Waals surface area (Å²) in [5, 5.41) is 10.9. The fourth-order valence-corrected chi connectivity index (χ4v) is 3.75. The Morgan fingerprint density at radius 1 is 1.00 bits per heavy atom. The van der Waals surface area contributed by atoms with Crippen LogP contribution in [0, 0.1) is 5.82 Å². The van der Waals surface area contributed by atoms with Crippen LogP contribution in [0.15, 0.2) is 54.1 Å². The zero-order valence-corrected chi connectivity index (χ0v) is 17.9. The van der Waals surface area contributed by atoms with Crippen LogP contribution in [0.4, 0.5) is 4.39 Å². The lowest BCUT2D eigenvalue weighted by atomic mass is 9.95. The maximum Gasteiger partial charge on any atom is 0.295 e. The fraction of sp³-hybridized carbons (Fsp3) is 0.360. The molecular weight excluding hydrogens is 397 g/mol. The van der Waals surface area contributed by atoms with E-state index < -0.39 is 23.5 Å². The number of halogens is 1. The summed E-state index contributed by atoms with van der Waals surface area (Å²) in [5.41, 5.74) is 1.01. The Hall–Kier alpha value is -3.15. The van der Waals surface area contributed by atoms with Gasteiger partial charge < -0.3 is 14.7 Å². The predicted octanol–water partition coefficient (Wildman–Crippen LogP) is 5.23. The number of aliphatic hydroxyl groups excluding tert-OH is 1. The van der Waals surface area contributed by atoms with Gasteiger partial charge in [-0.1, -0.05) is 38.8 Å². The van der Waals surface area contributed by atoms with Crippen molar-refractivity contribution in [2.24, 2.45) is 0 Å². The summed E-state index contributed by atoms with van der Waals surface area (Å²) in [4.78, 5) is 27.0. The summed E-state index contributed by atoms with van der Waals surface area (Å²) in [5.74, 6) is -1.42. The summed E-state index contributed by atoms with van der Waals surface area (Å²) in [7, 11) is 0. The minimum absolute atomic E-state index is 0.0154. The Balaban J connectivity index is 1.96. The lowest BCUT2D eigenvalue weighted by Gasteiger charge is -2.25. The monoisotopic (exact) mass is 425 g/mol. The van der Waals surface area contributed by atoms with Crippen LogP contribution in [0.1, 0.15) is 56.7 Å². The van der Waals surface area contributed by atoms with Gasteiger partial charge in [0.2, 0.25) is 0 Å². The summed E-state index contributed by atoms with van der Waals surface area (Å²) < 4.78 is 19.1. The molecule has 1 unspecified atom stereocenters. The highest BCUT2D eigenvalue weighted by molar-refractivity contribution is 6.46. The first kappa shape index (κ1) is 22.5. The molecule has 3 rings (SSSR count). The number of carbonyl (C=O) groups excluding carboxylic acids is 2. The average molecular weight is 426 g/mol. The summed E-state index contributed by atoms with van der Waals surface area (Å²) in [6, 6.07) is 11.7. The zero-order valence-electron chi connectivity index (χ0n) is 17.9. The lowest BCUT2D eigenvalue weighted by molar-refractivity contribution is -0.139. The number of nitrogens with zero attached hydrogens (tertiary/aromatic N) is 1. The number of likely N-dealkylation sites (tertiary alicyclic amines) is 1. The number of ketones is 1. The molecule has 2 aromatic rings. The van der Waals surface area contributed by atoms with E-state index in [4.69, 9.17) is 4.74 Å². The maximum absolute atomic E-state index is 13.3. The van der Waals surface area contributed by atoms with E-state index in [0.717, 1.165) is 19.3 Å². The van der Waals surface area contributed by atoms with Crippen molar-refractivity contribution in [3.63, 3.8) is 0 Å². The van der Waals surface area contributed by atoms with Crippen LogP contribution < -0.4 is 4.74 Å². The van der Waals surface area contributed by atoms with Crippen molar-refractivity contribution < 1.29 is 23.8 Å². The third-order valence-electron chi connectivity index (χ3n) is 5.33. The highest BCUT2D eigenvalue weighted by atomic mass is 19.1. The van der Waals surface area contributed by atoms with Gasteiger partial charge in [-0.25, -0.2) is 4.39 Å². The molecule has 2 aromatic carbocycles. The number of hydrogen-bond acceptors (Lipinski definition) is 4. The average Bonchev–Trinajstić information content (AvgIpc) is 3.02. The SMILES string of the molecule is CCCCCOc1ccc(C2/C(=C(/O)c3ccc(F)cc3)C(=O)C(=O)N2CCC)cc1. The molecule has 6 heteroatoms. The Bertz CT molecular complexity index is 950. The van der Waals surface area contributed by atoms with E-state index in [1.54, 1.807) is 0 Å². The van der Waals surface area contributed by atoms with Crippen molar-refractivity contribution >= 4 is 17.4 Å². The van der Waals surface area contributed by atoms with Crippen molar-refractivity contribution in [3.8, 4) is 5.75 Å². The van der Waals surface area contributed by atoms with Gasteiger partial charge in [0.25, 0.3) is 11.7 Å². The Morgan fingerprint density at radius 2 is 1.68 bits per heavy atom. The number of aliphatic hydroxyl groups is 1. The van der Waals surface area contributed by atoms with Crippen LogP contribution in [0.3, 0.4) is 0 Å². The standard InChI is InChI=1S/C25H28FNO4/c1-3-5-6-16-31-20-13-9-17(10-14-20)22-21(24(29)25(30)27(22)15-4-2)23(28)18-7-11-19(26)12-8-18/h7-14,22,28H,3-6,15-16H2,1-2H3/b23-21-. The molecule has 0 aliphatic carbocycles. The molecule has 0 saturated carbocycles. The highest BCUT2D eigenvalue weighted by Crippen LogP contribution is 2.39. The van der Waals surface area contributed by atoms with Crippen molar-refractivity contribution in [2.45, 2.75) is 45.6 Å². The normalized spacial score (nSPS) is 17.9. The number of hydrogen-bond donors (Lipinski definition) is 1. The molecule has 31 heavy (non-hydrogen) atoms. The minimum atomic E-state index is -0.736. The smallest absolute Gasteiger partial charge is 0.295 e. The van der Waals surface area contributed by atoms with E-state index in [-0.39, 0.29) is 16.9 Å². The minimum Gasteiger partial charge on any atom is -0.507 e. The molecule has 1 aliphatic heterocycles. The molecule has 0 spiro atoms. The number of Topliss-reactive ketones (excluding diaryl/α,β-unsaturated/α-hetero) is 1. The molecule has 1 atom stereocenters. The first-order chi connectivity index (χ1) is 15.0. The first-order valence-corrected chi connectivity index (χ1v) is 10.7. The summed E-state index contributed by atoms with van der Waals surface area (Å²) >= 11 is 0. The van der Waals surface area contributed by atoms with Crippen molar-refractivity contribution in [1.29, 1.82) is 0 Å². The van der Waals surface area contributed by atoms with Gasteiger partial charge in [-0.3, -0.25) is 9.59 Å². The maximum atomic E-state index is 13.3. The van der Waals surface area contributed by atoms with Crippen molar-refractivity contribution in [3.05, 3.63) is 71.0 Å². The number of carbonyl (C=O) groups is 2. The van der Waals surface area contributed by atoms with E-state index in [2.05, 4.69) is 6.92 Å². The second kappa shape index (κ2) is 10.2. The van der Waals surface area contributed by atoms with E-state index >= 15 is 0 Å². The largest absolute Gasteiger partial charge is 0.507 e. The van der Waals surface area contributed by atoms with Crippen molar-refractivity contribution in [1.82, 2.24) is 4.90 Å². The summed E-state index contributed by atoms with van der Waals surface area (Å²) in [6.45, 7) is 5.06. The Morgan fingerprint density at radius 3 is 2.29 bits per heavy atom. The van der Waals surface area contributed by atoms with Gasteiger partial charge in [-0.15, -0.1) is 0 Å². The van der Waals surface area contributed by atoms with Crippen LogP contribution in [0.25, 0.3) is 5.76 Å². The Kier molecular flexibility index (Phi) is 7.45. The van der Waals surface area contributed by atoms with Crippen LogP contribution >= 0.6 is 0 Å². The molecule has 5 nitrogen and oxygen atoms in total. The van der Waals surface area contributed by atoms with E-state index in [1.165, 1.54) is 29.2 Å². The van der Waals surface area contributed by atoms with Crippen LogP contribution in [-0.4, -0.2) is 34.8 Å². The molecule has 0 aromatic heterocycles. The van der Waals surface area contributed by atoms with E-state index in [0.29, 0.717) is 30.9 Å². The molecule has 1 amide bonds. The van der Waals surface area contributed by atoms with Crippen LogP contribution in [0.2, 0.25) is 0 Å². The lowest BCUT2D eigenvalue weighted by Crippen LogP contribution is -2.30. The number of benzene rings is 2. The molecule has 0 radical (unpaired) electrons. The fourth-order valence-electron chi connectivity index (χ4n) is 3.75. The number of rotatable bonds is 9. The van der Waals surface area contributed by atoms with Crippen LogP contribution in [0.5, 0.6) is 5.75 Å². The third kappa shape index (κ3) is 4.95. The quantitative estimate of drug-likeness (QED) is 0.259. The topological polar surface area (TPSA) is 66.8 Å². The number of unbranched alkanes of at least 4 members (excludes halogenated alkanes) is 2.